The molecule has 0 radical (unpaired) electrons. The van der Waals surface area contributed by atoms with Crippen LogP contribution in [0.5, 0.6) is 0 Å². The number of alkyl halides is 2. The third-order valence-corrected chi connectivity index (χ3v) is 10.1. The minimum Gasteiger partial charge on any atom is -0.0580 e. The van der Waals surface area contributed by atoms with E-state index < -0.39 is 11.3 Å². The van der Waals surface area contributed by atoms with Crippen molar-refractivity contribution >= 4 is 30.5 Å². The van der Waals surface area contributed by atoms with Crippen LogP contribution in [0.3, 0.4) is 0 Å². The van der Waals surface area contributed by atoms with E-state index in [4.69, 9.17) is 23.2 Å². The molecule has 0 unspecified atom stereocenters. The molecule has 0 nitrogen and oxygen atoms in total. The lowest BCUT2D eigenvalue weighted by Crippen LogP contribution is -2.20. The standard InChI is InChI=1S/C8H18Cl2P/c1-5-11(6-2,7-3)8(4,9)10/h5-7H2,1-4H3/q+1. The van der Waals surface area contributed by atoms with E-state index >= 15 is 0 Å². The molecule has 0 heterocycles. The highest BCUT2D eigenvalue weighted by Crippen LogP contribution is 2.71. The molecule has 0 saturated carbocycles. The van der Waals surface area contributed by atoms with Crippen LogP contribution in [0.1, 0.15) is 27.7 Å². The van der Waals surface area contributed by atoms with Crippen molar-refractivity contribution in [1.29, 1.82) is 0 Å². The van der Waals surface area contributed by atoms with Crippen LogP contribution in [0.25, 0.3) is 0 Å². The summed E-state index contributed by atoms with van der Waals surface area (Å²) in [6.07, 6.45) is 3.47. The fraction of sp³-hybridized carbons (Fsp3) is 1.00. The minimum atomic E-state index is -1.09. The molecule has 0 spiro atoms. The predicted molar refractivity (Wildman–Crippen MR) is 58.7 cm³/mol. The molecule has 0 rings (SSSR count). The first-order valence-corrected chi connectivity index (χ1v) is 7.27. The van der Waals surface area contributed by atoms with Crippen molar-refractivity contribution in [2.24, 2.45) is 0 Å². The third-order valence-electron chi connectivity index (χ3n) is 2.65. The Morgan fingerprint density at radius 3 is 1.27 bits per heavy atom. The van der Waals surface area contributed by atoms with Crippen molar-refractivity contribution in [2.45, 2.75) is 31.8 Å². The van der Waals surface area contributed by atoms with E-state index in [2.05, 4.69) is 20.8 Å². The summed E-state index contributed by atoms with van der Waals surface area (Å²) in [4.78, 5) is 0. The fourth-order valence-electron chi connectivity index (χ4n) is 1.50. The molecule has 0 N–H and O–H groups in total. The maximum absolute atomic E-state index is 6.17. The van der Waals surface area contributed by atoms with E-state index in [0.29, 0.717) is 0 Å². The van der Waals surface area contributed by atoms with Gasteiger partial charge in [0.2, 0.25) is 4.07 Å². The summed E-state index contributed by atoms with van der Waals surface area (Å²) in [5.41, 5.74) is 0. The molecular weight excluding hydrogens is 198 g/mol. The normalized spacial score (nSPS) is 13.6. The lowest BCUT2D eigenvalue weighted by molar-refractivity contribution is 1.14. The Bertz CT molecular complexity index is 105. The van der Waals surface area contributed by atoms with Crippen LogP contribution >= 0.6 is 30.5 Å². The zero-order valence-electron chi connectivity index (χ0n) is 7.82. The summed E-state index contributed by atoms with van der Waals surface area (Å²) >= 11 is 12.3. The summed E-state index contributed by atoms with van der Waals surface area (Å²) in [6.45, 7) is 8.54. The van der Waals surface area contributed by atoms with E-state index in [-0.39, 0.29) is 0 Å². The summed E-state index contributed by atoms with van der Waals surface area (Å²) in [5.74, 6) is 0. The molecule has 0 aromatic rings. The van der Waals surface area contributed by atoms with E-state index in [1.165, 1.54) is 0 Å². The second kappa shape index (κ2) is 4.30. The smallest absolute Gasteiger partial charge is 0.0580 e. The molecule has 0 bridgehead atoms. The average molecular weight is 216 g/mol. The van der Waals surface area contributed by atoms with Gasteiger partial charge >= 0.3 is 0 Å². The van der Waals surface area contributed by atoms with Gasteiger partial charge in [-0.25, -0.2) is 0 Å². The van der Waals surface area contributed by atoms with Crippen LogP contribution < -0.4 is 0 Å². The monoisotopic (exact) mass is 215 g/mol. The molecule has 0 atom stereocenters. The van der Waals surface area contributed by atoms with Crippen LogP contribution in [0.2, 0.25) is 0 Å². The van der Waals surface area contributed by atoms with Crippen molar-refractivity contribution in [1.82, 2.24) is 0 Å². The summed E-state index contributed by atoms with van der Waals surface area (Å²) < 4.78 is -0.481. The summed E-state index contributed by atoms with van der Waals surface area (Å²) in [5, 5.41) is 0. The second-order valence-electron chi connectivity index (χ2n) is 2.94. The van der Waals surface area contributed by atoms with Gasteiger partial charge in [0, 0.05) is 6.92 Å². The van der Waals surface area contributed by atoms with Gasteiger partial charge in [0.15, 0.2) is 0 Å². The van der Waals surface area contributed by atoms with Crippen LogP contribution in [-0.4, -0.2) is 22.6 Å². The van der Waals surface area contributed by atoms with Crippen LogP contribution in [0.4, 0.5) is 0 Å². The van der Waals surface area contributed by atoms with E-state index in [9.17, 15) is 0 Å². The Hall–Kier alpha value is 1.01. The van der Waals surface area contributed by atoms with Gasteiger partial charge in [0.05, 0.1) is 25.7 Å². The Morgan fingerprint density at radius 2 is 1.27 bits per heavy atom. The first-order chi connectivity index (χ1) is 4.93. The first kappa shape index (κ1) is 12.0. The Morgan fingerprint density at radius 1 is 1.00 bits per heavy atom. The Kier molecular flexibility index (Phi) is 4.70. The minimum absolute atomic E-state index is 0.481. The molecule has 0 aliphatic rings. The van der Waals surface area contributed by atoms with Crippen molar-refractivity contribution in [3.63, 3.8) is 0 Å². The molecule has 3 heteroatoms. The van der Waals surface area contributed by atoms with Gasteiger partial charge in [-0.3, -0.25) is 0 Å². The van der Waals surface area contributed by atoms with Gasteiger partial charge < -0.3 is 0 Å². The Labute approximate surface area is 81.0 Å². The Balaban J connectivity index is 4.54. The predicted octanol–water partition coefficient (Wildman–Crippen LogP) is 4.22. The maximum atomic E-state index is 6.17. The van der Waals surface area contributed by atoms with E-state index in [1.807, 2.05) is 6.92 Å². The number of hydrogen-bond donors (Lipinski definition) is 0. The van der Waals surface area contributed by atoms with Crippen molar-refractivity contribution < 1.29 is 0 Å². The van der Waals surface area contributed by atoms with Gasteiger partial charge in [0.25, 0.3) is 0 Å². The van der Waals surface area contributed by atoms with Crippen molar-refractivity contribution in [3.8, 4) is 0 Å². The second-order valence-corrected chi connectivity index (χ2v) is 10.3. The van der Waals surface area contributed by atoms with Crippen LogP contribution in [0.15, 0.2) is 0 Å². The third kappa shape index (κ3) is 2.47. The number of rotatable bonds is 4. The number of hydrogen-bond acceptors (Lipinski definition) is 0. The van der Waals surface area contributed by atoms with Gasteiger partial charge in [-0.15, -0.1) is 0 Å². The molecule has 0 aliphatic heterocycles. The summed E-state index contributed by atoms with van der Waals surface area (Å²) in [7, 11) is -1.09. The highest BCUT2D eigenvalue weighted by atomic mass is 35.5. The average Bonchev–Trinajstić information content (AvgIpc) is 1.90. The SMILES string of the molecule is CC[P+](CC)(CC)C(C)(Cl)Cl. The van der Waals surface area contributed by atoms with Crippen molar-refractivity contribution in [2.75, 3.05) is 18.5 Å². The fourth-order valence-corrected chi connectivity index (χ4v) is 6.66. The molecule has 68 valence electrons. The maximum Gasteiger partial charge on any atom is 0.221 e. The van der Waals surface area contributed by atoms with Crippen LogP contribution in [0, 0.1) is 0 Å². The summed E-state index contributed by atoms with van der Waals surface area (Å²) in [6, 6.07) is 0. The molecule has 0 aromatic heterocycles. The molecule has 11 heavy (non-hydrogen) atoms. The van der Waals surface area contributed by atoms with E-state index in [1.54, 1.807) is 0 Å². The van der Waals surface area contributed by atoms with Gasteiger partial charge in [-0.1, -0.05) is 23.2 Å². The first-order valence-electron chi connectivity index (χ1n) is 4.17. The molecule has 0 saturated heterocycles. The van der Waals surface area contributed by atoms with Gasteiger partial charge in [-0.2, -0.15) is 0 Å². The zero-order valence-corrected chi connectivity index (χ0v) is 10.2. The topological polar surface area (TPSA) is 0 Å². The number of halogens is 2. The van der Waals surface area contributed by atoms with Gasteiger partial charge in [0.1, 0.15) is 0 Å². The lowest BCUT2D eigenvalue weighted by atomic mass is 10.9. The van der Waals surface area contributed by atoms with Crippen molar-refractivity contribution in [3.05, 3.63) is 0 Å². The lowest BCUT2D eigenvalue weighted by Gasteiger charge is -2.31. The molecule has 0 fully saturated rings. The quantitative estimate of drug-likeness (QED) is 0.487. The molecule has 0 aliphatic carbocycles. The molecule has 0 amide bonds. The largest absolute Gasteiger partial charge is 0.221 e. The van der Waals surface area contributed by atoms with Gasteiger partial charge in [-0.05, 0) is 20.8 Å². The molecular formula is C8H18Cl2P+. The van der Waals surface area contributed by atoms with Crippen LogP contribution in [-0.2, 0) is 0 Å². The highest BCUT2D eigenvalue weighted by Gasteiger charge is 2.48. The highest BCUT2D eigenvalue weighted by molar-refractivity contribution is 7.80. The van der Waals surface area contributed by atoms with E-state index in [0.717, 1.165) is 18.5 Å². The zero-order chi connectivity index (χ0) is 9.12. The molecule has 0 aromatic carbocycles.